The molecule has 0 aliphatic heterocycles. The second-order valence-corrected chi connectivity index (χ2v) is 5.33. The number of rotatable bonds is 7. The number of nitrogens with one attached hydrogen (secondary N) is 1. The molecule has 1 rings (SSSR count). The van der Waals surface area contributed by atoms with Crippen molar-refractivity contribution in [3.05, 3.63) is 11.7 Å². The van der Waals surface area contributed by atoms with Crippen LogP contribution in [0.5, 0.6) is 0 Å². The molecule has 19 heavy (non-hydrogen) atoms. The van der Waals surface area contributed by atoms with Crippen LogP contribution >= 0.6 is 0 Å². The predicted molar refractivity (Wildman–Crippen MR) is 70.3 cm³/mol. The van der Waals surface area contributed by atoms with E-state index in [9.17, 15) is 4.79 Å². The maximum Gasteiger partial charge on any atom is 0.323 e. The van der Waals surface area contributed by atoms with Gasteiger partial charge in [0.2, 0.25) is 5.89 Å². The lowest BCUT2D eigenvalue weighted by atomic mass is 10.1. The smallest absolute Gasteiger partial charge is 0.323 e. The van der Waals surface area contributed by atoms with Crippen molar-refractivity contribution >= 4 is 5.97 Å². The van der Waals surface area contributed by atoms with E-state index in [1.165, 1.54) is 7.11 Å². The zero-order chi connectivity index (χ0) is 14.4. The number of nitrogens with zero attached hydrogens (tertiary/aromatic N) is 2. The van der Waals surface area contributed by atoms with Crippen LogP contribution in [0.15, 0.2) is 4.52 Å². The maximum absolute atomic E-state index is 11.6. The van der Waals surface area contributed by atoms with Crippen molar-refractivity contribution in [3.63, 3.8) is 0 Å². The van der Waals surface area contributed by atoms with Crippen LogP contribution in [0.3, 0.4) is 0 Å². The zero-order valence-electron chi connectivity index (χ0n) is 12.3. The fraction of sp³-hybridized carbons (Fsp3) is 0.769. The number of hydrogen-bond donors (Lipinski definition) is 1. The van der Waals surface area contributed by atoms with E-state index in [0.29, 0.717) is 24.2 Å². The van der Waals surface area contributed by atoms with Gasteiger partial charge < -0.3 is 9.26 Å². The minimum absolute atomic E-state index is 0.130. The molecule has 1 heterocycles. The third-order valence-corrected chi connectivity index (χ3v) is 2.70. The molecule has 0 bridgehead atoms. The summed E-state index contributed by atoms with van der Waals surface area (Å²) in [5.41, 5.74) is 0. The monoisotopic (exact) mass is 269 g/mol. The molecule has 0 saturated carbocycles. The van der Waals surface area contributed by atoms with Gasteiger partial charge in [-0.25, -0.2) is 0 Å². The number of ether oxygens (including phenoxy) is 1. The van der Waals surface area contributed by atoms with E-state index in [2.05, 4.69) is 29.3 Å². The summed E-state index contributed by atoms with van der Waals surface area (Å²) in [5, 5.41) is 6.98. The van der Waals surface area contributed by atoms with Gasteiger partial charge in [-0.3, -0.25) is 10.1 Å². The molecule has 6 nitrogen and oxygen atoms in total. The summed E-state index contributed by atoms with van der Waals surface area (Å²) >= 11 is 0. The van der Waals surface area contributed by atoms with Crippen LogP contribution in [0.4, 0.5) is 0 Å². The molecule has 1 atom stereocenters. The second kappa shape index (κ2) is 7.23. The zero-order valence-corrected chi connectivity index (χ0v) is 12.3. The molecule has 1 aromatic heterocycles. The van der Waals surface area contributed by atoms with Crippen molar-refractivity contribution in [2.45, 2.75) is 46.7 Å². The van der Waals surface area contributed by atoms with Crippen molar-refractivity contribution in [1.29, 1.82) is 0 Å². The highest BCUT2D eigenvalue weighted by Gasteiger charge is 2.23. The highest BCUT2D eigenvalue weighted by atomic mass is 16.5. The Bertz CT molecular complexity index is 402. The summed E-state index contributed by atoms with van der Waals surface area (Å²) in [6, 6.07) is -0.370. The number of carbonyl (C=O) groups is 1. The van der Waals surface area contributed by atoms with Crippen molar-refractivity contribution in [3.8, 4) is 0 Å². The SMILES string of the molecule is COC(=O)C(NCc1nc(CC(C)C)no1)C(C)C. The molecule has 1 aromatic rings. The van der Waals surface area contributed by atoms with Gasteiger partial charge in [-0.05, 0) is 11.8 Å². The predicted octanol–water partition coefficient (Wildman–Crippen LogP) is 1.56. The van der Waals surface area contributed by atoms with Crippen LogP contribution in [0.1, 0.15) is 39.4 Å². The summed E-state index contributed by atoms with van der Waals surface area (Å²) in [5.74, 6) is 1.52. The van der Waals surface area contributed by atoms with E-state index in [4.69, 9.17) is 9.26 Å². The molecule has 0 fully saturated rings. The number of methoxy groups -OCH3 is 1. The molecule has 0 saturated heterocycles. The molecule has 0 amide bonds. The Kier molecular flexibility index (Phi) is 5.95. The largest absolute Gasteiger partial charge is 0.468 e. The highest BCUT2D eigenvalue weighted by molar-refractivity contribution is 5.75. The molecule has 0 aromatic carbocycles. The van der Waals surface area contributed by atoms with Crippen molar-refractivity contribution in [1.82, 2.24) is 15.5 Å². The lowest BCUT2D eigenvalue weighted by molar-refractivity contribution is -0.144. The van der Waals surface area contributed by atoms with E-state index < -0.39 is 0 Å². The molecule has 0 radical (unpaired) electrons. The van der Waals surface area contributed by atoms with Gasteiger partial charge in [0.25, 0.3) is 0 Å². The van der Waals surface area contributed by atoms with Gasteiger partial charge in [-0.15, -0.1) is 0 Å². The van der Waals surface area contributed by atoms with Gasteiger partial charge in [0.05, 0.1) is 13.7 Å². The molecular formula is C13H23N3O3. The number of aromatic nitrogens is 2. The minimum Gasteiger partial charge on any atom is -0.468 e. The molecule has 0 aliphatic carbocycles. The highest BCUT2D eigenvalue weighted by Crippen LogP contribution is 2.07. The van der Waals surface area contributed by atoms with Gasteiger partial charge in [0.1, 0.15) is 6.04 Å². The molecular weight excluding hydrogens is 246 g/mol. The first-order valence-electron chi connectivity index (χ1n) is 6.56. The Balaban J connectivity index is 2.54. The molecule has 1 N–H and O–H groups in total. The summed E-state index contributed by atoms with van der Waals surface area (Å²) in [6.45, 7) is 8.46. The summed E-state index contributed by atoms with van der Waals surface area (Å²) < 4.78 is 9.89. The van der Waals surface area contributed by atoms with Crippen LogP contribution in [0.2, 0.25) is 0 Å². The van der Waals surface area contributed by atoms with Gasteiger partial charge in [-0.1, -0.05) is 32.9 Å². The Hall–Kier alpha value is -1.43. The fourth-order valence-corrected chi connectivity index (χ4v) is 1.73. The average molecular weight is 269 g/mol. The Labute approximate surface area is 113 Å². The van der Waals surface area contributed by atoms with Crippen LogP contribution in [0, 0.1) is 11.8 Å². The fourth-order valence-electron chi connectivity index (χ4n) is 1.73. The Morgan fingerprint density at radius 1 is 1.37 bits per heavy atom. The number of esters is 1. The lowest BCUT2D eigenvalue weighted by Crippen LogP contribution is -2.41. The van der Waals surface area contributed by atoms with Crippen molar-refractivity contribution in [2.24, 2.45) is 11.8 Å². The summed E-state index contributed by atoms with van der Waals surface area (Å²) in [7, 11) is 1.38. The molecule has 0 spiro atoms. The molecule has 108 valence electrons. The van der Waals surface area contributed by atoms with Crippen molar-refractivity contribution in [2.75, 3.05) is 7.11 Å². The first-order valence-corrected chi connectivity index (χ1v) is 6.56. The molecule has 0 aliphatic rings. The minimum atomic E-state index is -0.370. The first kappa shape index (κ1) is 15.6. The maximum atomic E-state index is 11.6. The summed E-state index contributed by atoms with van der Waals surface area (Å²) in [6.07, 6.45) is 0.786. The van der Waals surface area contributed by atoms with E-state index >= 15 is 0 Å². The number of carbonyl (C=O) groups excluding carboxylic acids is 1. The Morgan fingerprint density at radius 3 is 2.58 bits per heavy atom. The second-order valence-electron chi connectivity index (χ2n) is 5.33. The van der Waals surface area contributed by atoms with Gasteiger partial charge in [0, 0.05) is 6.42 Å². The third-order valence-electron chi connectivity index (χ3n) is 2.70. The van der Waals surface area contributed by atoms with Gasteiger partial charge in [0.15, 0.2) is 5.82 Å². The topological polar surface area (TPSA) is 77.2 Å². The van der Waals surface area contributed by atoms with Crippen LogP contribution in [-0.2, 0) is 22.5 Å². The normalized spacial score (nSPS) is 13.0. The van der Waals surface area contributed by atoms with E-state index in [1.54, 1.807) is 0 Å². The van der Waals surface area contributed by atoms with Gasteiger partial charge in [-0.2, -0.15) is 4.98 Å². The quantitative estimate of drug-likeness (QED) is 0.757. The van der Waals surface area contributed by atoms with E-state index in [0.717, 1.165) is 6.42 Å². The van der Waals surface area contributed by atoms with Crippen molar-refractivity contribution < 1.29 is 14.1 Å². The number of hydrogen-bond acceptors (Lipinski definition) is 6. The molecule has 1 unspecified atom stereocenters. The first-order chi connectivity index (χ1) is 8.93. The Morgan fingerprint density at radius 2 is 2.05 bits per heavy atom. The van der Waals surface area contributed by atoms with Crippen LogP contribution in [0.25, 0.3) is 0 Å². The standard InChI is InChI=1S/C13H23N3O3/c1-8(2)6-10-15-11(19-16-10)7-14-12(9(3)4)13(17)18-5/h8-9,12,14H,6-7H2,1-5H3. The average Bonchev–Trinajstić information content (AvgIpc) is 2.75. The summed E-state index contributed by atoms with van der Waals surface area (Å²) in [4.78, 5) is 15.8. The van der Waals surface area contributed by atoms with Crippen LogP contribution in [-0.4, -0.2) is 29.3 Å². The molecule has 6 heteroatoms. The van der Waals surface area contributed by atoms with E-state index in [1.807, 2.05) is 13.8 Å². The van der Waals surface area contributed by atoms with Crippen LogP contribution < -0.4 is 5.32 Å². The third kappa shape index (κ3) is 4.98. The van der Waals surface area contributed by atoms with Gasteiger partial charge >= 0.3 is 5.97 Å². The van der Waals surface area contributed by atoms with E-state index in [-0.39, 0.29) is 17.9 Å². The lowest BCUT2D eigenvalue weighted by Gasteiger charge is -2.18.